The number of aromatic carboxylic acids is 1. The molecule has 0 radical (unpaired) electrons. The summed E-state index contributed by atoms with van der Waals surface area (Å²) < 4.78 is 15.1. The summed E-state index contributed by atoms with van der Waals surface area (Å²) in [4.78, 5) is 19.3. The molecule has 2 aliphatic heterocycles. The first kappa shape index (κ1) is 26.8. The van der Waals surface area contributed by atoms with Crippen LogP contribution in [0.1, 0.15) is 65.7 Å². The van der Waals surface area contributed by atoms with Crippen LogP contribution >= 0.6 is 34.5 Å². The maximum Gasteiger partial charge on any atom is 0.335 e. The van der Waals surface area contributed by atoms with Gasteiger partial charge in [0.15, 0.2) is 5.13 Å². The number of aromatic nitrogens is 4. The lowest BCUT2D eigenvalue weighted by atomic mass is 9.95. The number of benzene rings is 2. The van der Waals surface area contributed by atoms with E-state index < -0.39 is 5.97 Å². The summed E-state index contributed by atoms with van der Waals surface area (Å²) in [5, 5.41) is 20.8. The SMILES string of the molecule is O=C(O)c1cc([C@H]2CCOC2)c2nc(N3C[C@@H]4C[C@H]3C[C@H]4OCc3c(-c4c(Cl)cccc4Cl)nnn3C3CC3)sc2c1. The molecule has 2 saturated heterocycles. The highest BCUT2D eigenvalue weighted by Crippen LogP contribution is 2.46. The molecule has 0 amide bonds. The second-order valence-corrected chi connectivity index (χ2v) is 13.6. The lowest BCUT2D eigenvalue weighted by Gasteiger charge is -2.31. The van der Waals surface area contributed by atoms with Gasteiger partial charge in [-0.1, -0.05) is 45.8 Å². The molecular weight excluding hydrogens is 597 g/mol. The summed E-state index contributed by atoms with van der Waals surface area (Å²) in [5.74, 6) is -0.346. The highest BCUT2D eigenvalue weighted by molar-refractivity contribution is 7.22. The van der Waals surface area contributed by atoms with Crippen LogP contribution in [0.3, 0.4) is 0 Å². The van der Waals surface area contributed by atoms with E-state index in [-0.39, 0.29) is 12.0 Å². The molecule has 0 unspecified atom stereocenters. The van der Waals surface area contributed by atoms with Crippen molar-refractivity contribution in [2.45, 2.75) is 62.8 Å². The van der Waals surface area contributed by atoms with Crippen molar-refractivity contribution >= 4 is 55.9 Å². The number of halogens is 2. The van der Waals surface area contributed by atoms with E-state index in [0.29, 0.717) is 64.7 Å². The van der Waals surface area contributed by atoms with E-state index in [1.165, 1.54) is 0 Å². The van der Waals surface area contributed by atoms with Crippen LogP contribution in [0.25, 0.3) is 21.5 Å². The highest BCUT2D eigenvalue weighted by atomic mass is 35.5. The number of hydrogen-bond donors (Lipinski definition) is 1. The summed E-state index contributed by atoms with van der Waals surface area (Å²) >= 11 is 14.7. The molecular formula is C30H29Cl2N5O4S. The molecule has 1 N–H and O–H groups in total. The standard InChI is InChI=1S/C30H29Cl2N5O4S/c31-21-2-1-3-22(32)26(21)28-23(37(35-34-28)18-4-5-18)14-41-24-11-19-8-17(24)12-36(19)30-33-27-20(15-6-7-40-13-15)9-16(29(38)39)10-25(27)42-30/h1-3,9-10,15,17-19,24H,4-8,11-14H2,(H,38,39)/t15-,17-,19-,24+/m0/s1. The Morgan fingerprint density at radius 2 is 1.98 bits per heavy atom. The zero-order valence-electron chi connectivity index (χ0n) is 22.7. The van der Waals surface area contributed by atoms with E-state index >= 15 is 0 Å². The maximum absolute atomic E-state index is 11.9. The monoisotopic (exact) mass is 625 g/mol. The van der Waals surface area contributed by atoms with Gasteiger partial charge >= 0.3 is 5.97 Å². The molecule has 2 aromatic carbocycles. The molecule has 218 valence electrons. The third-order valence-corrected chi connectivity index (χ3v) is 10.8. The number of carboxylic acids is 1. The fraction of sp³-hybridized carbons (Fsp3) is 0.467. The second kappa shape index (κ2) is 10.4. The minimum absolute atomic E-state index is 0.127. The average molecular weight is 627 g/mol. The van der Waals surface area contributed by atoms with Crippen LogP contribution in [0.2, 0.25) is 10.0 Å². The molecule has 12 heteroatoms. The van der Waals surface area contributed by atoms with Crippen LogP contribution in [0, 0.1) is 5.92 Å². The molecule has 9 nitrogen and oxygen atoms in total. The zero-order chi connectivity index (χ0) is 28.5. The summed E-state index contributed by atoms with van der Waals surface area (Å²) in [6, 6.07) is 9.71. The van der Waals surface area contributed by atoms with Gasteiger partial charge in [0.05, 0.1) is 56.9 Å². The Kier molecular flexibility index (Phi) is 6.68. The number of carboxylic acid groups (broad SMARTS) is 1. The number of nitrogens with zero attached hydrogens (tertiary/aromatic N) is 5. The van der Waals surface area contributed by atoms with Gasteiger partial charge in [0, 0.05) is 36.6 Å². The Bertz CT molecular complexity index is 1680. The Morgan fingerprint density at radius 3 is 2.67 bits per heavy atom. The average Bonchev–Trinajstić information content (AvgIpc) is 3.49. The Balaban J connectivity index is 1.02. The summed E-state index contributed by atoms with van der Waals surface area (Å²) in [5.41, 5.74) is 4.55. The largest absolute Gasteiger partial charge is 0.478 e. The molecule has 4 fully saturated rings. The van der Waals surface area contributed by atoms with Gasteiger partial charge in [0.2, 0.25) is 0 Å². The van der Waals surface area contributed by atoms with E-state index in [2.05, 4.69) is 15.2 Å². The van der Waals surface area contributed by atoms with E-state index in [1.807, 2.05) is 22.9 Å². The van der Waals surface area contributed by atoms with E-state index in [1.54, 1.807) is 23.5 Å². The number of piperidine rings is 1. The van der Waals surface area contributed by atoms with Crippen LogP contribution in [-0.4, -0.2) is 63.0 Å². The van der Waals surface area contributed by atoms with Crippen LogP contribution < -0.4 is 4.90 Å². The maximum atomic E-state index is 11.9. The van der Waals surface area contributed by atoms with Crippen LogP contribution in [-0.2, 0) is 16.1 Å². The van der Waals surface area contributed by atoms with Crippen molar-refractivity contribution in [1.82, 2.24) is 20.0 Å². The van der Waals surface area contributed by atoms with Crippen molar-refractivity contribution < 1.29 is 19.4 Å². The predicted molar refractivity (Wildman–Crippen MR) is 161 cm³/mol. The molecule has 4 aromatic rings. The number of rotatable bonds is 8. The molecule has 4 atom stereocenters. The zero-order valence-corrected chi connectivity index (χ0v) is 25.0. The van der Waals surface area contributed by atoms with Gasteiger partial charge in [-0.25, -0.2) is 14.5 Å². The van der Waals surface area contributed by atoms with Gasteiger partial charge in [-0.2, -0.15) is 0 Å². The van der Waals surface area contributed by atoms with Gasteiger partial charge < -0.3 is 19.5 Å². The van der Waals surface area contributed by atoms with Crippen molar-refractivity contribution in [2.75, 3.05) is 24.7 Å². The molecule has 4 aliphatic rings. The second-order valence-electron chi connectivity index (χ2n) is 11.8. The van der Waals surface area contributed by atoms with E-state index in [9.17, 15) is 9.90 Å². The van der Waals surface area contributed by atoms with Crippen molar-refractivity contribution in [3.63, 3.8) is 0 Å². The smallest absolute Gasteiger partial charge is 0.335 e. The molecule has 42 heavy (non-hydrogen) atoms. The number of ether oxygens (including phenoxy) is 2. The minimum atomic E-state index is -0.912. The topological polar surface area (TPSA) is 103 Å². The number of thiazole rings is 1. The molecule has 2 saturated carbocycles. The Labute approximate surface area is 256 Å². The first-order valence-corrected chi connectivity index (χ1v) is 16.0. The third-order valence-electron chi connectivity index (χ3n) is 9.17. The van der Waals surface area contributed by atoms with Crippen molar-refractivity contribution in [3.8, 4) is 11.3 Å². The fourth-order valence-corrected chi connectivity index (χ4v) is 8.59. The van der Waals surface area contributed by atoms with Gasteiger partial charge in [-0.15, -0.1) is 5.10 Å². The predicted octanol–water partition coefficient (Wildman–Crippen LogP) is 6.58. The molecule has 0 spiro atoms. The number of hydrogen-bond acceptors (Lipinski definition) is 8. The van der Waals surface area contributed by atoms with Crippen molar-refractivity contribution in [2.24, 2.45) is 5.92 Å². The van der Waals surface area contributed by atoms with Crippen LogP contribution in [0.5, 0.6) is 0 Å². The number of anilines is 1. The first-order chi connectivity index (χ1) is 20.4. The minimum Gasteiger partial charge on any atom is -0.478 e. The van der Waals surface area contributed by atoms with Crippen molar-refractivity contribution in [1.29, 1.82) is 0 Å². The van der Waals surface area contributed by atoms with Crippen LogP contribution in [0.15, 0.2) is 30.3 Å². The van der Waals surface area contributed by atoms with E-state index in [0.717, 1.165) is 65.3 Å². The number of fused-ring (bicyclic) bond motifs is 3. The summed E-state index contributed by atoms with van der Waals surface area (Å²) in [7, 11) is 0. The van der Waals surface area contributed by atoms with Crippen molar-refractivity contribution in [3.05, 3.63) is 57.2 Å². The summed E-state index contributed by atoms with van der Waals surface area (Å²) in [6.45, 7) is 2.58. The number of carbonyl (C=O) groups is 1. The first-order valence-electron chi connectivity index (χ1n) is 14.5. The highest BCUT2D eigenvalue weighted by Gasteiger charge is 2.46. The Hall–Kier alpha value is -2.76. The summed E-state index contributed by atoms with van der Waals surface area (Å²) in [6.07, 6.45) is 5.15. The van der Waals surface area contributed by atoms with Gasteiger partial charge in [0.25, 0.3) is 0 Å². The van der Waals surface area contributed by atoms with Crippen LogP contribution in [0.4, 0.5) is 5.13 Å². The van der Waals surface area contributed by atoms with E-state index in [4.69, 9.17) is 37.7 Å². The quantitative estimate of drug-likeness (QED) is 0.234. The molecule has 2 aromatic heterocycles. The molecule has 8 rings (SSSR count). The third kappa shape index (κ3) is 4.59. The van der Waals surface area contributed by atoms with Gasteiger partial charge in [-0.05, 0) is 61.9 Å². The molecule has 2 aliphatic carbocycles. The lowest BCUT2D eigenvalue weighted by molar-refractivity contribution is 0.00958. The lowest BCUT2D eigenvalue weighted by Crippen LogP contribution is -2.38. The Morgan fingerprint density at radius 1 is 1.14 bits per heavy atom. The molecule has 2 bridgehead atoms. The normalized spacial score (nSPS) is 25.2. The molecule has 4 heterocycles. The van der Waals surface area contributed by atoms with Gasteiger partial charge in [0.1, 0.15) is 5.69 Å². The van der Waals surface area contributed by atoms with Gasteiger partial charge in [-0.3, -0.25) is 0 Å². The fourth-order valence-electron chi connectivity index (χ4n) is 6.89.